The number of cyclic esters (lactones) is 1. The number of benzene rings is 2. The smallest absolute Gasteiger partial charge is 0.407 e. The first-order valence-electron chi connectivity index (χ1n) is 39.0. The predicted octanol–water partition coefficient (Wildman–Crippen LogP) is 2.50. The number of ether oxygens (including phenoxy) is 8. The average molecular weight is 1610 g/mol. The van der Waals surface area contributed by atoms with Crippen LogP contribution in [0.25, 0.3) is 22.3 Å². The van der Waals surface area contributed by atoms with Gasteiger partial charge in [-0.25, -0.2) is 23.8 Å². The van der Waals surface area contributed by atoms with Crippen LogP contribution in [0.4, 0.5) is 19.7 Å². The minimum atomic E-state index is -2.07. The SMILES string of the molecule is CC[C@@]1(O)C(=O)OCc2c1cc1n(c2=O)Cc2c-1nc1cc(F)c(C)c3c1c2[C@@H](NC(=O)COCNC(=O)CNC(=O)OCc1ccc(NC(=O)[C@H](CCCNC(N)=O)NC(=O)[C@@H](NC(=O)[C@H](C)NC(=O)CCOCC(COCCC(C)=O)NC(=O)CCOCCOCCNC(=O)COC2CCCCCC4C=C42)C(C)C)cc1)CC3. The van der Waals surface area contributed by atoms with Gasteiger partial charge < -0.3 is 106 Å². The Morgan fingerprint density at radius 2 is 1.44 bits per heavy atom. The molecule has 13 N–H and O–H groups in total. The Kier molecular flexibility index (Phi) is 33.0. The molecule has 3 aliphatic carbocycles. The van der Waals surface area contributed by atoms with Crippen molar-refractivity contribution < 1.29 is 105 Å². The first-order chi connectivity index (χ1) is 55.1. The molecule has 4 heterocycles. The summed E-state index contributed by atoms with van der Waals surface area (Å²) in [6.07, 6.45) is 7.74. The van der Waals surface area contributed by atoms with E-state index in [1.54, 1.807) is 45.9 Å². The maximum Gasteiger partial charge on any atom is 0.407 e. The molecule has 0 bridgehead atoms. The van der Waals surface area contributed by atoms with E-state index in [-0.39, 0.29) is 165 Å². The predicted molar refractivity (Wildman–Crippen MR) is 411 cm³/mol. The lowest BCUT2D eigenvalue weighted by atomic mass is 9.81. The van der Waals surface area contributed by atoms with E-state index < -0.39 is 127 Å². The fourth-order valence-corrected chi connectivity index (χ4v) is 14.0. The van der Waals surface area contributed by atoms with Gasteiger partial charge in [0.25, 0.3) is 5.56 Å². The largest absolute Gasteiger partial charge is 0.458 e. The zero-order valence-electron chi connectivity index (χ0n) is 65.7. The van der Waals surface area contributed by atoms with Crippen molar-refractivity contribution in [2.45, 2.75) is 187 Å². The molecule has 11 amide bonds. The number of hydrogen-bond acceptors (Lipinski definition) is 23. The van der Waals surface area contributed by atoms with Gasteiger partial charge in [0.2, 0.25) is 47.3 Å². The number of primary amides is 1. The number of aliphatic hydroxyl groups is 1. The first-order valence-corrected chi connectivity index (χ1v) is 39.0. The number of ketones is 1. The number of hydrogen-bond donors (Lipinski definition) is 12. The summed E-state index contributed by atoms with van der Waals surface area (Å²) in [7, 11) is 0. The van der Waals surface area contributed by atoms with Crippen LogP contribution in [0.2, 0.25) is 0 Å². The van der Waals surface area contributed by atoms with E-state index in [4.69, 9.17) is 48.6 Å². The van der Waals surface area contributed by atoms with Crippen molar-refractivity contribution in [2.24, 2.45) is 17.6 Å². The number of rotatable bonds is 45. The highest BCUT2D eigenvalue weighted by atomic mass is 19.1. The molecule has 1 fully saturated rings. The molecular weight excluding hydrogens is 1500 g/mol. The summed E-state index contributed by atoms with van der Waals surface area (Å²) in [6.45, 7) is 8.50. The van der Waals surface area contributed by atoms with E-state index in [0.717, 1.165) is 12.8 Å². The molecule has 4 aromatic rings. The molecule has 8 atom stereocenters. The quantitative estimate of drug-likeness (QED) is 0.0115. The second-order valence-corrected chi connectivity index (χ2v) is 29.3. The van der Waals surface area contributed by atoms with E-state index in [0.29, 0.717) is 75.4 Å². The molecule has 0 spiro atoms. The van der Waals surface area contributed by atoms with Crippen molar-refractivity contribution in [3.05, 3.63) is 103 Å². The van der Waals surface area contributed by atoms with E-state index in [9.17, 15) is 67.4 Å². The Bertz CT molecular complexity index is 4310. The number of carbonyl (C=O) groups is 12. The van der Waals surface area contributed by atoms with E-state index in [1.165, 1.54) is 61.4 Å². The first kappa shape index (κ1) is 88.6. The van der Waals surface area contributed by atoms with Crippen molar-refractivity contribution in [1.82, 2.24) is 57.4 Å². The number of anilines is 1. The second-order valence-electron chi connectivity index (χ2n) is 29.3. The lowest BCUT2D eigenvalue weighted by Crippen LogP contribution is -2.57. The van der Waals surface area contributed by atoms with Crippen molar-refractivity contribution in [1.29, 1.82) is 0 Å². The van der Waals surface area contributed by atoms with Crippen molar-refractivity contribution >= 4 is 87.7 Å². The molecule has 1 saturated carbocycles. The molecule has 626 valence electrons. The van der Waals surface area contributed by atoms with Gasteiger partial charge in [-0.1, -0.05) is 58.2 Å². The average Bonchev–Trinajstić information content (AvgIpc) is 1.58. The third-order valence-electron chi connectivity index (χ3n) is 20.4. The number of nitrogens with one attached hydrogen (secondary N) is 10. The summed E-state index contributed by atoms with van der Waals surface area (Å²) >= 11 is 0. The molecule has 35 nitrogen and oxygen atoms in total. The molecule has 2 aromatic heterocycles. The maximum atomic E-state index is 15.4. The number of carbonyl (C=O) groups excluding carboxylic acids is 12. The molecule has 2 aliphatic heterocycles. The van der Waals surface area contributed by atoms with E-state index in [2.05, 4.69) is 59.2 Å². The summed E-state index contributed by atoms with van der Waals surface area (Å²) in [5.74, 6) is -5.93. The number of pyridine rings is 2. The van der Waals surface area contributed by atoms with Crippen LogP contribution in [-0.4, -0.2) is 208 Å². The third kappa shape index (κ3) is 25.3. The number of allylic oxidation sites excluding steroid dienone is 1. The maximum absolute atomic E-state index is 15.4. The highest BCUT2D eigenvalue weighted by Gasteiger charge is 2.46. The van der Waals surface area contributed by atoms with Crippen LogP contribution in [-0.2, 0) is 118 Å². The minimum absolute atomic E-state index is 0.000648. The zero-order valence-corrected chi connectivity index (χ0v) is 65.7. The normalized spacial score (nSPS) is 18.0. The molecular formula is C79H106FN13O22. The summed E-state index contributed by atoms with van der Waals surface area (Å²) in [5, 5.41) is 38.5. The number of esters is 1. The van der Waals surface area contributed by atoms with Crippen LogP contribution >= 0.6 is 0 Å². The van der Waals surface area contributed by atoms with Gasteiger partial charge in [0, 0.05) is 66.5 Å². The number of Topliss-reactive ketones (excluding diaryl/α,β-unsaturated/α-hetero) is 1. The number of amides is 11. The lowest BCUT2D eigenvalue weighted by Gasteiger charge is -2.31. The van der Waals surface area contributed by atoms with E-state index >= 15 is 4.39 Å². The van der Waals surface area contributed by atoms with Crippen LogP contribution < -0.4 is 64.5 Å². The highest BCUT2D eigenvalue weighted by molar-refractivity contribution is 5.99. The van der Waals surface area contributed by atoms with Crippen LogP contribution in [0, 0.1) is 24.6 Å². The second kappa shape index (κ2) is 42.8. The summed E-state index contributed by atoms with van der Waals surface area (Å²) in [4.78, 5) is 173. The van der Waals surface area contributed by atoms with Gasteiger partial charge in [0.15, 0.2) is 5.60 Å². The molecule has 5 aliphatic rings. The number of halogens is 1. The van der Waals surface area contributed by atoms with Crippen LogP contribution in [0.3, 0.4) is 0 Å². The van der Waals surface area contributed by atoms with Gasteiger partial charge in [-0.3, -0.25) is 47.9 Å². The molecule has 9 rings (SSSR count). The topological polar surface area (TPSA) is 480 Å². The fraction of sp³-hybridized carbons (Fsp3) is 0.570. The van der Waals surface area contributed by atoms with E-state index in [1.807, 2.05) is 0 Å². The Balaban J connectivity index is 0.654. The Morgan fingerprint density at radius 3 is 2.17 bits per heavy atom. The molecule has 115 heavy (non-hydrogen) atoms. The standard InChI is InChI=1S/C79H106FN13O22/c1-7-79(107)56-33-61-71-54(36-93(61)75(103)55(56)40-114-76(79)104)69-58(20-19-52-46(5)57(80)34-60(90-71)68(52)69)89-67(99)41-112-43-85-65(97)35-84-78(106)115-37-48-15-17-50(18-16-48)88-73(101)59(13-11-24-83-77(81)105)91-74(102)70(44(2)3)92-72(100)47(6)86-63(95)23-28-111-39-51(38-110-26-21-45(4)94)87-64(96)22-27-108-30-31-109-29-25-82-66(98)42-113-62-14-10-8-9-12-49-32-53(49)62/h15-18,32-34,44,47,49,51,58-59,62,70,107H,7-14,19-31,35-43H2,1-6H3,(H,82,98)(H,84,106)(H,85,97)(H,86,95)(H,87,96)(H,88,101)(H,89,99)(H,91,102)(H,92,100)(H3,81,83,105)/t47-,49?,51?,58-,59-,62?,70-,79-/m0/s1. The monoisotopic (exact) mass is 1610 g/mol. The fourth-order valence-electron chi connectivity index (χ4n) is 14.0. The van der Waals surface area contributed by atoms with Crippen LogP contribution in [0.5, 0.6) is 0 Å². The molecule has 3 unspecified atom stereocenters. The van der Waals surface area contributed by atoms with Crippen molar-refractivity contribution in [3.63, 3.8) is 0 Å². The van der Waals surface area contributed by atoms with Gasteiger partial charge >= 0.3 is 18.1 Å². The highest BCUT2D eigenvalue weighted by Crippen LogP contribution is 2.46. The van der Waals surface area contributed by atoms with Gasteiger partial charge in [-0.2, -0.15) is 0 Å². The number of alkyl carbamates (subject to hydrolysis) is 1. The third-order valence-corrected chi connectivity index (χ3v) is 20.4. The summed E-state index contributed by atoms with van der Waals surface area (Å²) in [6, 6.07) is 3.31. The molecule has 36 heteroatoms. The number of fused-ring (bicyclic) bond motifs is 6. The Hall–Kier alpha value is -10.4. The number of aromatic nitrogens is 2. The summed E-state index contributed by atoms with van der Waals surface area (Å²) in [5.41, 5.74) is 8.35. The van der Waals surface area contributed by atoms with Crippen molar-refractivity contribution in [2.75, 3.05) is 97.8 Å². The van der Waals surface area contributed by atoms with Gasteiger partial charge in [-0.15, -0.1) is 0 Å². The zero-order chi connectivity index (χ0) is 82.9. The van der Waals surface area contributed by atoms with Crippen molar-refractivity contribution in [3.8, 4) is 11.4 Å². The molecule has 2 aromatic carbocycles. The summed E-state index contributed by atoms with van der Waals surface area (Å²) < 4.78 is 61.3. The van der Waals surface area contributed by atoms with Crippen LogP contribution in [0.15, 0.2) is 52.8 Å². The van der Waals surface area contributed by atoms with Gasteiger partial charge in [0.1, 0.15) is 69.4 Å². The van der Waals surface area contributed by atoms with Crippen LogP contribution in [0.1, 0.15) is 157 Å². The molecule has 0 radical (unpaired) electrons. The number of nitrogens with zero attached hydrogens (tertiary/aromatic N) is 2. The number of nitrogens with two attached hydrogens (primary N) is 1. The lowest BCUT2D eigenvalue weighted by molar-refractivity contribution is -0.172. The Labute approximate surface area is 663 Å². The number of aryl methyl sites for hydroxylation is 1. The molecule has 0 saturated heterocycles. The minimum Gasteiger partial charge on any atom is -0.458 e. The Morgan fingerprint density at radius 1 is 0.730 bits per heavy atom. The van der Waals surface area contributed by atoms with Gasteiger partial charge in [-0.05, 0) is 118 Å². The van der Waals surface area contributed by atoms with Gasteiger partial charge in [0.05, 0.1) is 100 Å². The number of urea groups is 1.